The molecule has 0 unspecified atom stereocenters. The normalized spacial score (nSPS) is 8.90. The quantitative estimate of drug-likeness (QED) is 0.557. The summed E-state index contributed by atoms with van der Waals surface area (Å²) in [6.07, 6.45) is 6.87. The van der Waals surface area contributed by atoms with E-state index in [-0.39, 0.29) is 0 Å². The maximum Gasteiger partial charge on any atom is 0.0269 e. The van der Waals surface area contributed by atoms with Gasteiger partial charge in [0.25, 0.3) is 0 Å². The second kappa shape index (κ2) is 2.90. The Kier molecular flexibility index (Phi) is 2.13. The molecule has 0 bridgehead atoms. The molecule has 0 aromatic heterocycles. The lowest BCUT2D eigenvalue weighted by Crippen LogP contribution is -1.76. The molecule has 0 spiro atoms. The second-order valence-corrected chi connectivity index (χ2v) is 3.06. The minimum Gasteiger partial charge on any atom is -0.0528 e. The van der Waals surface area contributed by atoms with Gasteiger partial charge in [0.1, 0.15) is 0 Å². The molecule has 10 heavy (non-hydrogen) atoms. The monoisotopic (exact) mass is 193 g/mol. The van der Waals surface area contributed by atoms with Crippen LogP contribution >= 0.6 is 15.9 Å². The molecule has 0 N–H and O–H groups in total. The summed E-state index contributed by atoms with van der Waals surface area (Å²) in [5.41, 5.74) is 1.95. The van der Waals surface area contributed by atoms with Crippen molar-refractivity contribution in [2.45, 2.75) is 6.92 Å². The van der Waals surface area contributed by atoms with Crippen LogP contribution in [0.2, 0.25) is 0 Å². The maximum atomic E-state index is 6.87. The molecule has 0 aliphatic heterocycles. The van der Waals surface area contributed by atoms with E-state index >= 15 is 0 Å². The molecule has 0 amide bonds. The van der Waals surface area contributed by atoms with E-state index in [4.69, 9.17) is 6.42 Å². The third-order valence-corrected chi connectivity index (χ3v) is 1.64. The van der Waals surface area contributed by atoms with Crippen LogP contribution in [0, 0.1) is 19.3 Å². The van der Waals surface area contributed by atoms with Crippen LogP contribution in [-0.4, -0.2) is 0 Å². The highest BCUT2D eigenvalue weighted by Gasteiger charge is 1.91. The number of halogens is 1. The van der Waals surface area contributed by atoms with E-state index in [1.165, 1.54) is 0 Å². The van der Waals surface area contributed by atoms with Gasteiger partial charge in [-0.05, 0) is 37.1 Å². The van der Waals surface area contributed by atoms with Crippen LogP contribution in [-0.2, 0) is 0 Å². The second-order valence-electron chi connectivity index (χ2n) is 2.14. The average molecular weight is 194 g/mol. The summed E-state index contributed by atoms with van der Waals surface area (Å²) in [4.78, 5) is 0. The lowest BCUT2D eigenvalue weighted by molar-refractivity contribution is 1.43. The minimum atomic E-state index is 0.812. The first kappa shape index (κ1) is 7.37. The third kappa shape index (κ3) is 1.62. The van der Waals surface area contributed by atoms with Crippen LogP contribution in [0.1, 0.15) is 11.1 Å². The first-order chi connectivity index (χ1) is 4.72. The number of hydrogen-bond donors (Lipinski definition) is 0. The van der Waals surface area contributed by atoms with Crippen molar-refractivity contribution in [1.82, 2.24) is 0 Å². The van der Waals surface area contributed by atoms with E-state index in [1.807, 2.05) is 25.1 Å². The lowest BCUT2D eigenvalue weighted by Gasteiger charge is -1.94. The molecule has 0 heterocycles. The molecule has 0 aliphatic rings. The highest BCUT2D eigenvalue weighted by molar-refractivity contribution is 9.10. The van der Waals surface area contributed by atoms with Crippen molar-refractivity contribution in [1.29, 1.82) is 0 Å². The molecule has 0 aliphatic carbocycles. The van der Waals surface area contributed by atoms with Gasteiger partial charge in [-0.3, -0.25) is 0 Å². The van der Waals surface area contributed by atoms with Crippen molar-refractivity contribution < 1.29 is 0 Å². The zero-order valence-corrected chi connectivity index (χ0v) is 7.20. The van der Waals surface area contributed by atoms with Gasteiger partial charge in [0.2, 0.25) is 0 Å². The van der Waals surface area contributed by atoms with Gasteiger partial charge in [0, 0.05) is 10.0 Å². The van der Waals surface area contributed by atoms with Crippen LogP contribution < -0.4 is 0 Å². The SMILES string of the molecule is [C]#Cc1cc(C)cc(Br)c1. The van der Waals surface area contributed by atoms with Gasteiger partial charge in [0.05, 0.1) is 0 Å². The van der Waals surface area contributed by atoms with Crippen LogP contribution in [0.5, 0.6) is 0 Å². The van der Waals surface area contributed by atoms with Gasteiger partial charge in [-0.1, -0.05) is 21.9 Å². The first-order valence-corrected chi connectivity index (χ1v) is 3.71. The van der Waals surface area contributed by atoms with Crippen molar-refractivity contribution in [3.8, 4) is 5.92 Å². The molecule has 0 fully saturated rings. The zero-order chi connectivity index (χ0) is 7.56. The molecule has 1 radical (unpaired) electrons. The summed E-state index contributed by atoms with van der Waals surface area (Å²) in [7, 11) is 0. The number of benzene rings is 1. The first-order valence-electron chi connectivity index (χ1n) is 2.92. The Morgan fingerprint density at radius 2 is 2.10 bits per heavy atom. The van der Waals surface area contributed by atoms with E-state index in [1.54, 1.807) is 0 Å². The maximum absolute atomic E-state index is 6.87. The number of hydrogen-bond acceptors (Lipinski definition) is 0. The molecule has 0 saturated heterocycles. The van der Waals surface area contributed by atoms with Crippen LogP contribution in [0.3, 0.4) is 0 Å². The van der Waals surface area contributed by atoms with Crippen LogP contribution in [0.25, 0.3) is 0 Å². The molecule has 1 aromatic rings. The van der Waals surface area contributed by atoms with E-state index in [2.05, 4.69) is 21.9 Å². The van der Waals surface area contributed by atoms with Crippen molar-refractivity contribution in [3.05, 3.63) is 40.2 Å². The van der Waals surface area contributed by atoms with Crippen molar-refractivity contribution >= 4 is 15.9 Å². The fourth-order valence-electron chi connectivity index (χ4n) is 0.809. The molecule has 0 saturated carbocycles. The Hall–Kier alpha value is -0.740. The summed E-state index contributed by atoms with van der Waals surface area (Å²) in [6.45, 7) is 1.99. The van der Waals surface area contributed by atoms with Crippen molar-refractivity contribution in [2.75, 3.05) is 0 Å². The largest absolute Gasteiger partial charge is 0.0528 e. The van der Waals surface area contributed by atoms with Crippen molar-refractivity contribution in [3.63, 3.8) is 0 Å². The van der Waals surface area contributed by atoms with Gasteiger partial charge in [-0.25, -0.2) is 0 Å². The van der Waals surface area contributed by atoms with Crippen LogP contribution in [0.15, 0.2) is 22.7 Å². The smallest absolute Gasteiger partial charge is 0.0269 e. The summed E-state index contributed by atoms with van der Waals surface area (Å²) in [5, 5.41) is 0. The standard InChI is InChI=1S/C9H6Br/c1-3-8-4-7(2)5-9(10)6-8/h4-6H,2H3. The number of aryl methyl sites for hydroxylation is 1. The third-order valence-electron chi connectivity index (χ3n) is 1.19. The Labute approximate surface area is 69.4 Å². The van der Waals surface area contributed by atoms with Gasteiger partial charge >= 0.3 is 0 Å². The fraction of sp³-hybridized carbons (Fsp3) is 0.111. The molecule has 1 rings (SSSR count). The van der Waals surface area contributed by atoms with E-state index in [9.17, 15) is 0 Å². The lowest BCUT2D eigenvalue weighted by atomic mass is 10.1. The molecule has 49 valence electrons. The van der Waals surface area contributed by atoms with Gasteiger partial charge < -0.3 is 0 Å². The highest BCUT2D eigenvalue weighted by Crippen LogP contribution is 2.13. The summed E-state index contributed by atoms with van der Waals surface area (Å²) < 4.78 is 1.00. The predicted molar refractivity (Wildman–Crippen MR) is 45.1 cm³/mol. The topological polar surface area (TPSA) is 0 Å². The summed E-state index contributed by atoms with van der Waals surface area (Å²) in [6, 6.07) is 5.78. The molecule has 0 nitrogen and oxygen atoms in total. The molecule has 1 heteroatoms. The van der Waals surface area contributed by atoms with Gasteiger partial charge in [-0.15, -0.1) is 0 Å². The minimum absolute atomic E-state index is 0.812. The van der Waals surface area contributed by atoms with Crippen molar-refractivity contribution in [2.24, 2.45) is 0 Å². The van der Waals surface area contributed by atoms with Gasteiger partial charge in [0.15, 0.2) is 0 Å². The summed E-state index contributed by atoms with van der Waals surface area (Å²) in [5.74, 6) is 2.33. The molecular weight excluding hydrogens is 188 g/mol. The predicted octanol–water partition coefficient (Wildman–Crippen LogP) is 2.70. The molecule has 1 aromatic carbocycles. The highest BCUT2D eigenvalue weighted by atomic mass is 79.9. The average Bonchev–Trinajstić information content (AvgIpc) is 1.85. The van der Waals surface area contributed by atoms with Crippen LogP contribution in [0.4, 0.5) is 0 Å². The van der Waals surface area contributed by atoms with E-state index in [0.29, 0.717) is 0 Å². The van der Waals surface area contributed by atoms with E-state index < -0.39 is 0 Å². The van der Waals surface area contributed by atoms with E-state index in [0.717, 1.165) is 15.6 Å². The number of rotatable bonds is 0. The van der Waals surface area contributed by atoms with Gasteiger partial charge in [-0.2, -0.15) is 0 Å². The Balaban J connectivity index is 3.22. The zero-order valence-electron chi connectivity index (χ0n) is 5.61. The Bertz CT molecular complexity index is 261. The molecule has 0 atom stereocenters. The fourth-order valence-corrected chi connectivity index (χ4v) is 1.42. The summed E-state index contributed by atoms with van der Waals surface area (Å²) >= 11 is 3.33. The Morgan fingerprint density at radius 3 is 2.60 bits per heavy atom. The Morgan fingerprint density at radius 1 is 1.40 bits per heavy atom. The molecular formula is C9H6Br.